The van der Waals surface area contributed by atoms with Crippen LogP contribution < -0.4 is 15.6 Å². The monoisotopic (exact) mass is 463 g/mol. The lowest BCUT2D eigenvalue weighted by atomic mass is 10.0. The van der Waals surface area contributed by atoms with Crippen LogP contribution in [-0.4, -0.2) is 28.6 Å². The second kappa shape index (κ2) is 11.8. The van der Waals surface area contributed by atoms with Crippen molar-refractivity contribution in [1.29, 1.82) is 0 Å². The molecule has 1 fully saturated rings. The molecule has 4 N–H and O–H groups in total. The number of ether oxygens (including phenoxy) is 1. The molecule has 2 atom stereocenters. The molecule has 1 aliphatic rings. The van der Waals surface area contributed by atoms with E-state index in [9.17, 15) is 9.90 Å². The lowest BCUT2D eigenvalue weighted by molar-refractivity contribution is -0.120. The van der Waals surface area contributed by atoms with Crippen LogP contribution in [0, 0.1) is 0 Å². The summed E-state index contributed by atoms with van der Waals surface area (Å²) < 4.78 is 5.86. The molecule has 1 aliphatic heterocycles. The van der Waals surface area contributed by atoms with Crippen molar-refractivity contribution < 1.29 is 14.6 Å². The van der Waals surface area contributed by atoms with Crippen molar-refractivity contribution >= 4 is 22.5 Å². The topological polar surface area (TPSA) is 111 Å². The molecule has 8 nitrogen and oxygen atoms in total. The Hall–Kier alpha value is -3.23. The molecule has 0 radical (unpaired) electrons. The minimum absolute atomic E-state index is 0.0155. The van der Waals surface area contributed by atoms with E-state index in [4.69, 9.17) is 4.74 Å². The first-order valence-corrected chi connectivity index (χ1v) is 12.1. The summed E-state index contributed by atoms with van der Waals surface area (Å²) in [6.07, 6.45) is 8.01. The number of fused-ring (bicyclic) bond motifs is 1. The van der Waals surface area contributed by atoms with Crippen molar-refractivity contribution in [3.8, 4) is 11.6 Å². The van der Waals surface area contributed by atoms with Gasteiger partial charge in [-0.1, -0.05) is 69.4 Å². The molecule has 34 heavy (non-hydrogen) atoms. The van der Waals surface area contributed by atoms with Crippen molar-refractivity contribution in [3.63, 3.8) is 0 Å². The van der Waals surface area contributed by atoms with Gasteiger partial charge in [0.1, 0.15) is 11.8 Å². The fraction of sp³-hybridized carbons (Fsp3) is 0.423. The Morgan fingerprint density at radius 3 is 2.62 bits per heavy atom. The first-order chi connectivity index (χ1) is 16.7. The number of amides is 1. The second-order valence-electron chi connectivity index (χ2n) is 8.72. The number of aromatic nitrogens is 1. The fourth-order valence-corrected chi connectivity index (χ4v) is 4.19. The van der Waals surface area contributed by atoms with Crippen LogP contribution in [0.25, 0.3) is 10.9 Å². The molecule has 8 heteroatoms. The summed E-state index contributed by atoms with van der Waals surface area (Å²) in [6.45, 7) is 2.97. The van der Waals surface area contributed by atoms with Gasteiger partial charge >= 0.3 is 0 Å². The van der Waals surface area contributed by atoms with Crippen LogP contribution in [0.2, 0.25) is 0 Å². The number of H-pyrrole nitrogens is 1. The van der Waals surface area contributed by atoms with Gasteiger partial charge in [0.15, 0.2) is 5.69 Å². The van der Waals surface area contributed by atoms with Crippen LogP contribution in [0.5, 0.6) is 11.6 Å². The van der Waals surface area contributed by atoms with Gasteiger partial charge in [-0.3, -0.25) is 4.79 Å². The Balaban J connectivity index is 1.25. The van der Waals surface area contributed by atoms with Gasteiger partial charge in [0.2, 0.25) is 5.88 Å². The molecular formula is C26H33N5O3. The molecule has 0 spiro atoms. The van der Waals surface area contributed by atoms with Crippen molar-refractivity contribution in [2.45, 2.75) is 64.0 Å². The summed E-state index contributed by atoms with van der Waals surface area (Å²) in [5, 5.41) is 18.7. The Morgan fingerprint density at radius 1 is 1.03 bits per heavy atom. The van der Waals surface area contributed by atoms with Gasteiger partial charge in [-0.2, -0.15) is 0 Å². The maximum atomic E-state index is 12.6. The normalized spacial score (nSPS) is 18.1. The number of hydrogen-bond acceptors (Lipinski definition) is 6. The number of para-hydroxylation sites is 1. The molecule has 3 aromatic rings. The number of unbranched alkanes of at least 4 members (excludes halogenated alkanes) is 5. The van der Waals surface area contributed by atoms with Gasteiger partial charge in [-0.25, -0.2) is 10.9 Å². The van der Waals surface area contributed by atoms with E-state index in [1.807, 2.05) is 48.5 Å². The zero-order valence-electron chi connectivity index (χ0n) is 19.6. The van der Waals surface area contributed by atoms with E-state index in [1.54, 1.807) is 0 Å². The largest absolute Gasteiger partial charge is 0.494 e. The Kier molecular flexibility index (Phi) is 8.27. The summed E-state index contributed by atoms with van der Waals surface area (Å²) in [6, 6.07) is 14.8. The lowest BCUT2D eigenvalue weighted by Crippen LogP contribution is -2.35. The Labute approximate surface area is 199 Å². The van der Waals surface area contributed by atoms with Gasteiger partial charge in [0, 0.05) is 11.4 Å². The van der Waals surface area contributed by atoms with E-state index < -0.39 is 11.9 Å². The second-order valence-corrected chi connectivity index (χ2v) is 8.72. The molecule has 2 unspecified atom stereocenters. The number of nitrogens with one attached hydrogen (secondary N) is 3. The third-order valence-corrected chi connectivity index (χ3v) is 6.16. The SMILES string of the molecule is CCCCCCCCOc1ccc(C2CC(C(=O)N=Nc3c(O)[nH]c4ccccc34)NN2)cc1. The average Bonchev–Trinajstić information content (AvgIpc) is 3.47. The Morgan fingerprint density at radius 2 is 1.79 bits per heavy atom. The van der Waals surface area contributed by atoms with Crippen LogP contribution in [-0.2, 0) is 4.79 Å². The van der Waals surface area contributed by atoms with Crippen molar-refractivity contribution in [2.24, 2.45) is 10.2 Å². The minimum atomic E-state index is -0.496. The van der Waals surface area contributed by atoms with Gasteiger partial charge in [0.25, 0.3) is 5.91 Å². The van der Waals surface area contributed by atoms with E-state index in [1.165, 1.54) is 32.1 Å². The van der Waals surface area contributed by atoms with Crippen molar-refractivity contribution in [1.82, 2.24) is 15.8 Å². The first-order valence-electron chi connectivity index (χ1n) is 12.1. The Bertz CT molecular complexity index is 1110. The third-order valence-electron chi connectivity index (χ3n) is 6.16. The molecule has 2 heterocycles. The molecule has 1 aromatic heterocycles. The minimum Gasteiger partial charge on any atom is -0.494 e. The average molecular weight is 464 g/mol. The van der Waals surface area contributed by atoms with Crippen LogP contribution >= 0.6 is 0 Å². The van der Waals surface area contributed by atoms with E-state index in [0.717, 1.165) is 29.9 Å². The highest BCUT2D eigenvalue weighted by atomic mass is 16.5. The van der Waals surface area contributed by atoms with Gasteiger partial charge in [0.05, 0.1) is 12.1 Å². The van der Waals surface area contributed by atoms with Gasteiger partial charge in [-0.05, 0) is 36.6 Å². The number of hydrazine groups is 1. The van der Waals surface area contributed by atoms with Gasteiger partial charge in [-0.15, -0.1) is 10.2 Å². The highest BCUT2D eigenvalue weighted by Crippen LogP contribution is 2.35. The highest BCUT2D eigenvalue weighted by molar-refractivity contribution is 5.94. The van der Waals surface area contributed by atoms with Crippen LogP contribution in [0.15, 0.2) is 58.8 Å². The van der Waals surface area contributed by atoms with Crippen molar-refractivity contribution in [3.05, 3.63) is 54.1 Å². The zero-order chi connectivity index (χ0) is 23.8. The number of carbonyl (C=O) groups is 1. The molecule has 0 aliphatic carbocycles. The molecular weight excluding hydrogens is 430 g/mol. The quantitative estimate of drug-likeness (QED) is 0.211. The predicted octanol–water partition coefficient (Wildman–Crippen LogP) is 5.83. The van der Waals surface area contributed by atoms with E-state index in [-0.39, 0.29) is 17.6 Å². The third kappa shape index (κ3) is 6.01. The lowest BCUT2D eigenvalue weighted by Gasteiger charge is -2.11. The fourth-order valence-electron chi connectivity index (χ4n) is 4.19. The van der Waals surface area contributed by atoms with Crippen LogP contribution in [0.3, 0.4) is 0 Å². The molecule has 2 aromatic carbocycles. The summed E-state index contributed by atoms with van der Waals surface area (Å²) in [5.74, 6) is 0.369. The molecule has 0 saturated carbocycles. The standard InChI is InChI=1S/C26H33N5O3/c1-2-3-4-5-6-9-16-34-19-14-12-18(13-15-19)22-17-23(29-28-22)25(32)31-30-24-20-10-7-8-11-21(20)27-26(24)33/h7-8,10-15,22-23,27-29,33H,2-6,9,16-17H2,1H3. The molecule has 1 saturated heterocycles. The summed E-state index contributed by atoms with van der Waals surface area (Å²) >= 11 is 0. The summed E-state index contributed by atoms with van der Waals surface area (Å²) in [5.41, 5.74) is 8.25. The van der Waals surface area contributed by atoms with Crippen LogP contribution in [0.4, 0.5) is 5.69 Å². The number of azo groups is 1. The van der Waals surface area contributed by atoms with E-state index >= 15 is 0 Å². The number of carbonyl (C=O) groups excluding carboxylic acids is 1. The number of hydrogen-bond donors (Lipinski definition) is 4. The number of rotatable bonds is 11. The maximum Gasteiger partial charge on any atom is 0.282 e. The highest BCUT2D eigenvalue weighted by Gasteiger charge is 2.30. The van der Waals surface area contributed by atoms with Crippen LogP contribution in [0.1, 0.15) is 63.5 Å². The van der Waals surface area contributed by atoms with E-state index in [2.05, 4.69) is 33.0 Å². The number of aromatic hydroxyl groups is 1. The number of aromatic amines is 1. The molecule has 180 valence electrons. The predicted molar refractivity (Wildman–Crippen MR) is 132 cm³/mol. The number of benzene rings is 2. The maximum absolute atomic E-state index is 12.6. The molecule has 1 amide bonds. The molecule has 0 bridgehead atoms. The van der Waals surface area contributed by atoms with Gasteiger partial charge < -0.3 is 14.8 Å². The number of nitrogens with zero attached hydrogens (tertiary/aromatic N) is 2. The first kappa shape index (κ1) is 23.9. The summed E-state index contributed by atoms with van der Waals surface area (Å²) in [7, 11) is 0. The zero-order valence-corrected chi connectivity index (χ0v) is 19.6. The summed E-state index contributed by atoms with van der Waals surface area (Å²) in [4.78, 5) is 15.4. The van der Waals surface area contributed by atoms with Crippen molar-refractivity contribution in [2.75, 3.05) is 6.61 Å². The smallest absolute Gasteiger partial charge is 0.282 e. The molecule has 4 rings (SSSR count). The van der Waals surface area contributed by atoms with E-state index in [0.29, 0.717) is 11.8 Å².